The fourth-order valence-corrected chi connectivity index (χ4v) is 5.62. The fraction of sp³-hybridized carbons (Fsp3) is 0.314. The second-order valence-electron chi connectivity index (χ2n) is 11.3. The highest BCUT2D eigenvalue weighted by atomic mass is 19.1. The van der Waals surface area contributed by atoms with Crippen LogP contribution in [0.25, 0.3) is 27.7 Å². The SMILES string of the molecule is C=C(F)C=O.CNc1ccc2c(-c3ccccc3CNc3cc(N4CCC(OC)CC4)nc4c(C(C)C)cnn34)nccc2c1. The maximum atomic E-state index is 10.9. The molecule has 1 aliphatic heterocycles. The first-order valence-corrected chi connectivity index (χ1v) is 15.2. The van der Waals surface area contributed by atoms with E-state index >= 15 is 0 Å². The number of pyridine rings is 1. The molecule has 0 saturated carbocycles. The van der Waals surface area contributed by atoms with Crippen LogP contribution in [-0.4, -0.2) is 59.2 Å². The third-order valence-electron chi connectivity index (χ3n) is 8.12. The number of ether oxygens (including phenoxy) is 1. The number of allylic oxidation sites excluding steroid dienone is 1. The molecule has 0 unspecified atom stereocenters. The van der Waals surface area contributed by atoms with Crippen LogP contribution in [0.5, 0.6) is 0 Å². The van der Waals surface area contributed by atoms with Gasteiger partial charge >= 0.3 is 0 Å². The minimum atomic E-state index is -0.926. The summed E-state index contributed by atoms with van der Waals surface area (Å²) in [7, 11) is 3.75. The van der Waals surface area contributed by atoms with E-state index in [0.29, 0.717) is 18.6 Å². The molecule has 10 heteroatoms. The molecule has 1 aliphatic rings. The molecule has 0 aliphatic carbocycles. The molecule has 2 N–H and O–H groups in total. The van der Waals surface area contributed by atoms with Crippen molar-refractivity contribution in [2.75, 3.05) is 42.8 Å². The van der Waals surface area contributed by atoms with E-state index in [1.54, 1.807) is 7.11 Å². The molecule has 5 aromatic rings. The molecule has 0 atom stereocenters. The van der Waals surface area contributed by atoms with E-state index in [9.17, 15) is 4.39 Å². The first-order valence-electron chi connectivity index (χ1n) is 15.2. The Hall–Kier alpha value is -4.83. The third kappa shape index (κ3) is 7.12. The number of anilines is 3. The van der Waals surface area contributed by atoms with Gasteiger partial charge in [-0.05, 0) is 47.9 Å². The molecule has 9 nitrogen and oxygen atoms in total. The Kier molecular flexibility index (Phi) is 10.0. The van der Waals surface area contributed by atoms with Crippen molar-refractivity contribution in [1.82, 2.24) is 19.6 Å². The van der Waals surface area contributed by atoms with Crippen LogP contribution in [0, 0.1) is 0 Å². The first-order chi connectivity index (χ1) is 21.8. The number of fused-ring (bicyclic) bond motifs is 2. The summed E-state index contributed by atoms with van der Waals surface area (Å²) >= 11 is 0. The number of piperidine rings is 1. The molecule has 0 bridgehead atoms. The second kappa shape index (κ2) is 14.3. The Bertz CT molecular complexity index is 1790. The fourth-order valence-electron chi connectivity index (χ4n) is 5.62. The Morgan fingerprint density at radius 1 is 1.16 bits per heavy atom. The van der Waals surface area contributed by atoms with Crippen molar-refractivity contribution < 1.29 is 13.9 Å². The number of rotatable bonds is 9. The Morgan fingerprint density at radius 2 is 1.91 bits per heavy atom. The molecular formula is C35H40FN7O2. The van der Waals surface area contributed by atoms with Gasteiger partial charge in [0.1, 0.15) is 11.6 Å². The molecule has 1 saturated heterocycles. The molecule has 0 radical (unpaired) electrons. The lowest BCUT2D eigenvalue weighted by molar-refractivity contribution is -0.106. The van der Waals surface area contributed by atoms with Gasteiger partial charge in [0.2, 0.25) is 0 Å². The van der Waals surface area contributed by atoms with Crippen molar-refractivity contribution in [2.45, 2.75) is 45.3 Å². The van der Waals surface area contributed by atoms with Crippen molar-refractivity contribution in [2.24, 2.45) is 0 Å². The quantitative estimate of drug-likeness (QED) is 0.136. The minimum Gasteiger partial charge on any atom is -0.388 e. The van der Waals surface area contributed by atoms with Crippen LogP contribution in [0.4, 0.5) is 21.7 Å². The predicted octanol–water partition coefficient (Wildman–Crippen LogP) is 7.01. The van der Waals surface area contributed by atoms with Gasteiger partial charge in [0.25, 0.3) is 0 Å². The lowest BCUT2D eigenvalue weighted by atomic mass is 9.99. The number of aldehydes is 1. The number of hydrogen-bond donors (Lipinski definition) is 2. The van der Waals surface area contributed by atoms with Gasteiger partial charge < -0.3 is 20.3 Å². The highest BCUT2D eigenvalue weighted by molar-refractivity contribution is 5.96. The van der Waals surface area contributed by atoms with Crippen LogP contribution >= 0.6 is 0 Å². The predicted molar refractivity (Wildman–Crippen MR) is 180 cm³/mol. The van der Waals surface area contributed by atoms with Gasteiger partial charge in [-0.25, -0.2) is 9.37 Å². The molecular weight excluding hydrogens is 569 g/mol. The summed E-state index contributed by atoms with van der Waals surface area (Å²) in [6.45, 7) is 9.50. The van der Waals surface area contributed by atoms with Crippen molar-refractivity contribution in [3.8, 4) is 11.3 Å². The van der Waals surface area contributed by atoms with Gasteiger partial charge in [-0.3, -0.25) is 9.78 Å². The van der Waals surface area contributed by atoms with Crippen LogP contribution in [0.15, 0.2) is 79.4 Å². The molecule has 4 heterocycles. The number of aromatic nitrogens is 4. The van der Waals surface area contributed by atoms with E-state index in [2.05, 4.69) is 90.6 Å². The Balaban J connectivity index is 0.000000743. The molecule has 6 rings (SSSR count). The summed E-state index contributed by atoms with van der Waals surface area (Å²) in [5.74, 6) is 1.32. The number of nitrogens with one attached hydrogen (secondary N) is 2. The first kappa shape index (κ1) is 31.6. The number of carbonyl (C=O) groups is 1. The van der Waals surface area contributed by atoms with Gasteiger partial charge in [0.15, 0.2) is 17.8 Å². The summed E-state index contributed by atoms with van der Waals surface area (Å²) < 4.78 is 18.4. The van der Waals surface area contributed by atoms with Crippen molar-refractivity contribution in [3.63, 3.8) is 0 Å². The zero-order valence-corrected chi connectivity index (χ0v) is 26.3. The summed E-state index contributed by atoms with van der Waals surface area (Å²) in [4.78, 5) is 21.3. The van der Waals surface area contributed by atoms with Gasteiger partial charge in [-0.15, -0.1) is 0 Å². The molecule has 0 amide bonds. The van der Waals surface area contributed by atoms with Crippen LogP contribution in [0.2, 0.25) is 0 Å². The lowest BCUT2D eigenvalue weighted by Crippen LogP contribution is -2.37. The summed E-state index contributed by atoms with van der Waals surface area (Å²) in [5.41, 5.74) is 6.42. The average molecular weight is 610 g/mol. The zero-order chi connectivity index (χ0) is 31.9. The smallest absolute Gasteiger partial charge is 0.177 e. The van der Waals surface area contributed by atoms with Crippen LogP contribution < -0.4 is 15.5 Å². The highest BCUT2D eigenvalue weighted by Gasteiger charge is 2.22. The van der Waals surface area contributed by atoms with E-state index in [-0.39, 0.29) is 6.29 Å². The van der Waals surface area contributed by atoms with E-state index in [1.165, 1.54) is 5.56 Å². The third-order valence-corrected chi connectivity index (χ3v) is 8.12. The van der Waals surface area contributed by atoms with Crippen molar-refractivity contribution in [3.05, 3.63) is 90.5 Å². The highest BCUT2D eigenvalue weighted by Crippen LogP contribution is 2.32. The monoisotopic (exact) mass is 609 g/mol. The van der Waals surface area contributed by atoms with E-state index in [0.717, 1.165) is 76.5 Å². The molecule has 234 valence electrons. The van der Waals surface area contributed by atoms with Crippen molar-refractivity contribution in [1.29, 1.82) is 0 Å². The van der Waals surface area contributed by atoms with Crippen molar-refractivity contribution >= 4 is 40.0 Å². The summed E-state index contributed by atoms with van der Waals surface area (Å²) in [6.07, 6.45) is 6.23. The summed E-state index contributed by atoms with van der Waals surface area (Å²) in [5, 5.41) is 14.0. The van der Waals surface area contributed by atoms with E-state index in [1.807, 2.05) is 24.0 Å². The second-order valence-corrected chi connectivity index (χ2v) is 11.3. The lowest BCUT2D eigenvalue weighted by Gasteiger charge is -2.32. The number of carbonyl (C=O) groups excluding carboxylic acids is 1. The molecule has 0 spiro atoms. The topological polar surface area (TPSA) is 96.7 Å². The number of benzene rings is 2. The van der Waals surface area contributed by atoms with Gasteiger partial charge in [0, 0.05) is 68.3 Å². The number of halogens is 1. The Labute approximate surface area is 263 Å². The van der Waals surface area contributed by atoms with Crippen LogP contribution in [-0.2, 0) is 16.1 Å². The van der Waals surface area contributed by atoms with Gasteiger partial charge in [-0.1, -0.05) is 50.8 Å². The number of hydrogen-bond acceptors (Lipinski definition) is 8. The normalized spacial score (nSPS) is 13.5. The maximum absolute atomic E-state index is 10.9. The van der Waals surface area contributed by atoms with E-state index < -0.39 is 5.83 Å². The molecule has 1 fully saturated rings. The standard InChI is InChI=1S/C32H37N7O.C3H3FO/c1-21(2)28-20-36-39-29(18-30(37-32(28)39)38-15-12-25(40-4)13-16-38)35-19-23-7-5-6-8-26(23)31-27-10-9-24(33-3)17-22(27)11-14-34-31;1-3(4)2-5/h5-11,14,17-18,20-21,25,33,35H,12-13,15-16,19H2,1-4H3;2H,1H2. The minimum absolute atomic E-state index is 0.0556. The average Bonchev–Trinajstić information content (AvgIpc) is 3.52. The Morgan fingerprint density at radius 3 is 2.60 bits per heavy atom. The zero-order valence-electron chi connectivity index (χ0n) is 26.3. The number of nitrogens with zero attached hydrogens (tertiary/aromatic N) is 5. The largest absolute Gasteiger partial charge is 0.388 e. The summed E-state index contributed by atoms with van der Waals surface area (Å²) in [6, 6.07) is 19.1. The van der Waals surface area contributed by atoms with Gasteiger partial charge in [-0.2, -0.15) is 9.61 Å². The molecule has 3 aromatic heterocycles. The van der Waals surface area contributed by atoms with Gasteiger partial charge in [0.05, 0.1) is 18.0 Å². The molecule has 2 aromatic carbocycles. The molecule has 45 heavy (non-hydrogen) atoms. The van der Waals surface area contributed by atoms with Crippen LogP contribution in [0.1, 0.15) is 43.7 Å². The maximum Gasteiger partial charge on any atom is 0.177 e. The van der Waals surface area contributed by atoms with Crippen LogP contribution in [0.3, 0.4) is 0 Å². The van der Waals surface area contributed by atoms with E-state index in [4.69, 9.17) is 24.6 Å². The number of methoxy groups -OCH3 is 1.